The molecule has 0 heterocycles. The first-order valence-electron chi connectivity index (χ1n) is 8.98. The molecule has 1 aliphatic rings. The van der Waals surface area contributed by atoms with Crippen LogP contribution in [0.3, 0.4) is 0 Å². The van der Waals surface area contributed by atoms with E-state index >= 15 is 0 Å². The molecule has 140 valence electrons. The van der Waals surface area contributed by atoms with Gasteiger partial charge in [-0.3, -0.25) is 14.4 Å². The van der Waals surface area contributed by atoms with Gasteiger partial charge in [-0.05, 0) is 75.1 Å². The largest absolute Gasteiger partial charge is 0.298 e. The van der Waals surface area contributed by atoms with Crippen molar-refractivity contribution in [3.05, 3.63) is 58.6 Å². The van der Waals surface area contributed by atoms with Crippen LogP contribution in [0.25, 0.3) is 11.1 Å². The van der Waals surface area contributed by atoms with Crippen LogP contribution in [0.1, 0.15) is 44.7 Å². The predicted molar refractivity (Wildman–Crippen MR) is 107 cm³/mol. The summed E-state index contributed by atoms with van der Waals surface area (Å²) in [6, 6.07) is 13.2. The van der Waals surface area contributed by atoms with Gasteiger partial charge in [-0.25, -0.2) is 0 Å². The fourth-order valence-electron chi connectivity index (χ4n) is 3.90. The number of Topliss-reactive ketones (excluding diaryl/α,β-unsaturated/α-hetero) is 3. The topological polar surface area (TPSA) is 51.2 Å². The van der Waals surface area contributed by atoms with Crippen LogP contribution in [0.15, 0.2) is 42.5 Å². The standard InChI is InChI=1S/C23H23ClO3/c1-13-6-7-15(14-8-10-16(24)11-9-14)12-17(13)18-19(25)22(2,3)21(27)23(4,5)20(18)26/h6-12,18H,1-5H3. The molecule has 0 aliphatic heterocycles. The highest BCUT2D eigenvalue weighted by Gasteiger charge is 2.58. The summed E-state index contributed by atoms with van der Waals surface area (Å²) in [6.07, 6.45) is 0. The van der Waals surface area contributed by atoms with Crippen molar-refractivity contribution in [3.63, 3.8) is 0 Å². The smallest absolute Gasteiger partial charge is 0.160 e. The Kier molecular flexibility index (Phi) is 4.63. The fourth-order valence-corrected chi connectivity index (χ4v) is 4.03. The average Bonchev–Trinajstić information content (AvgIpc) is 2.62. The summed E-state index contributed by atoms with van der Waals surface area (Å²) < 4.78 is 0. The van der Waals surface area contributed by atoms with E-state index in [1.165, 1.54) is 0 Å². The van der Waals surface area contributed by atoms with Crippen LogP contribution in [-0.4, -0.2) is 17.3 Å². The highest BCUT2D eigenvalue weighted by molar-refractivity contribution is 6.31. The Labute approximate surface area is 164 Å². The molecule has 1 saturated carbocycles. The summed E-state index contributed by atoms with van der Waals surface area (Å²) in [7, 11) is 0. The first-order chi connectivity index (χ1) is 12.5. The molecule has 1 aliphatic carbocycles. The Hall–Kier alpha value is -2.26. The van der Waals surface area contributed by atoms with Gasteiger partial charge in [-0.15, -0.1) is 0 Å². The molecule has 0 spiro atoms. The van der Waals surface area contributed by atoms with Crippen molar-refractivity contribution in [2.45, 2.75) is 40.5 Å². The lowest BCUT2D eigenvalue weighted by Crippen LogP contribution is -2.56. The molecular weight excluding hydrogens is 360 g/mol. The molecule has 0 unspecified atom stereocenters. The van der Waals surface area contributed by atoms with Gasteiger partial charge in [0.1, 0.15) is 5.92 Å². The summed E-state index contributed by atoms with van der Waals surface area (Å²) in [5.41, 5.74) is 1.01. The summed E-state index contributed by atoms with van der Waals surface area (Å²) >= 11 is 5.97. The number of aryl methyl sites for hydroxylation is 1. The van der Waals surface area contributed by atoms with Gasteiger partial charge in [0.05, 0.1) is 10.8 Å². The second-order valence-electron chi connectivity index (χ2n) is 8.32. The average molecular weight is 383 g/mol. The normalized spacial score (nSPS) is 19.4. The van der Waals surface area contributed by atoms with Gasteiger partial charge in [0.15, 0.2) is 17.3 Å². The Morgan fingerprint density at radius 3 is 1.78 bits per heavy atom. The minimum absolute atomic E-state index is 0.312. The number of carbonyl (C=O) groups excluding carboxylic acids is 3. The molecule has 4 heteroatoms. The van der Waals surface area contributed by atoms with Crippen molar-refractivity contribution >= 4 is 29.0 Å². The SMILES string of the molecule is Cc1ccc(-c2ccc(Cl)cc2)cc1C1C(=O)C(C)(C)C(=O)C(C)(C)C1=O. The number of halogens is 1. The van der Waals surface area contributed by atoms with Gasteiger partial charge in [0.2, 0.25) is 0 Å². The molecule has 0 bridgehead atoms. The lowest BCUT2D eigenvalue weighted by molar-refractivity contribution is -0.157. The number of carbonyl (C=O) groups is 3. The first-order valence-corrected chi connectivity index (χ1v) is 9.35. The minimum atomic E-state index is -1.19. The molecule has 2 aromatic rings. The van der Waals surface area contributed by atoms with Crippen LogP contribution in [0.4, 0.5) is 0 Å². The van der Waals surface area contributed by atoms with E-state index in [1.807, 2.05) is 37.3 Å². The third kappa shape index (κ3) is 3.04. The second kappa shape index (κ2) is 6.42. The number of hydrogen-bond acceptors (Lipinski definition) is 3. The molecule has 1 fully saturated rings. The highest BCUT2D eigenvalue weighted by Crippen LogP contribution is 2.45. The van der Waals surface area contributed by atoms with E-state index in [1.54, 1.807) is 39.8 Å². The molecule has 0 aromatic heterocycles. The van der Waals surface area contributed by atoms with Gasteiger partial charge in [-0.2, -0.15) is 0 Å². The van der Waals surface area contributed by atoms with Gasteiger partial charge in [0.25, 0.3) is 0 Å². The molecule has 0 amide bonds. The number of hydrogen-bond donors (Lipinski definition) is 0. The summed E-state index contributed by atoms with van der Waals surface area (Å²) in [5, 5.41) is 0.644. The maximum absolute atomic E-state index is 13.1. The van der Waals surface area contributed by atoms with E-state index in [0.717, 1.165) is 16.7 Å². The maximum Gasteiger partial charge on any atom is 0.160 e. The van der Waals surface area contributed by atoms with E-state index in [2.05, 4.69) is 0 Å². The van der Waals surface area contributed by atoms with Crippen molar-refractivity contribution in [3.8, 4) is 11.1 Å². The van der Waals surface area contributed by atoms with E-state index in [0.29, 0.717) is 10.6 Å². The lowest BCUT2D eigenvalue weighted by atomic mass is 9.57. The number of rotatable bonds is 2. The molecule has 0 saturated heterocycles. The molecule has 0 atom stereocenters. The van der Waals surface area contributed by atoms with Crippen molar-refractivity contribution in [2.24, 2.45) is 10.8 Å². The highest BCUT2D eigenvalue weighted by atomic mass is 35.5. The van der Waals surface area contributed by atoms with Gasteiger partial charge < -0.3 is 0 Å². The molecule has 3 rings (SSSR count). The first kappa shape index (κ1) is 19.5. The van der Waals surface area contributed by atoms with Crippen LogP contribution in [0, 0.1) is 17.8 Å². The van der Waals surface area contributed by atoms with Gasteiger partial charge in [0, 0.05) is 5.02 Å². The summed E-state index contributed by atoms with van der Waals surface area (Å²) in [4.78, 5) is 39.0. The maximum atomic E-state index is 13.1. The van der Waals surface area contributed by atoms with Gasteiger partial charge in [-0.1, -0.05) is 35.9 Å². The molecule has 2 aromatic carbocycles. The number of benzene rings is 2. The predicted octanol–water partition coefficient (Wildman–Crippen LogP) is 5.17. The van der Waals surface area contributed by atoms with E-state index in [9.17, 15) is 14.4 Å². The fraction of sp³-hybridized carbons (Fsp3) is 0.348. The lowest BCUT2D eigenvalue weighted by Gasteiger charge is -2.41. The molecule has 27 heavy (non-hydrogen) atoms. The Balaban J connectivity index is 2.16. The third-order valence-corrected chi connectivity index (χ3v) is 5.91. The zero-order chi connectivity index (χ0) is 20.1. The summed E-state index contributed by atoms with van der Waals surface area (Å²) in [6.45, 7) is 8.38. The van der Waals surface area contributed by atoms with Gasteiger partial charge >= 0.3 is 0 Å². The Morgan fingerprint density at radius 2 is 1.26 bits per heavy atom. The zero-order valence-electron chi connectivity index (χ0n) is 16.2. The third-order valence-electron chi connectivity index (χ3n) is 5.66. The van der Waals surface area contributed by atoms with Crippen LogP contribution in [0.2, 0.25) is 5.02 Å². The quantitative estimate of drug-likeness (QED) is 0.673. The van der Waals surface area contributed by atoms with Crippen LogP contribution in [0.5, 0.6) is 0 Å². The molecule has 0 N–H and O–H groups in total. The van der Waals surface area contributed by atoms with Crippen molar-refractivity contribution in [1.82, 2.24) is 0 Å². The number of ketones is 3. The van der Waals surface area contributed by atoms with Crippen molar-refractivity contribution in [2.75, 3.05) is 0 Å². The molecule has 0 radical (unpaired) electrons. The van der Waals surface area contributed by atoms with E-state index in [-0.39, 0.29) is 17.3 Å². The minimum Gasteiger partial charge on any atom is -0.298 e. The van der Waals surface area contributed by atoms with E-state index < -0.39 is 16.7 Å². The molecule has 3 nitrogen and oxygen atoms in total. The summed E-state index contributed by atoms with van der Waals surface area (Å²) in [5.74, 6) is -1.89. The van der Waals surface area contributed by atoms with Crippen LogP contribution in [-0.2, 0) is 14.4 Å². The monoisotopic (exact) mass is 382 g/mol. The Morgan fingerprint density at radius 1 is 0.778 bits per heavy atom. The van der Waals surface area contributed by atoms with Crippen LogP contribution < -0.4 is 0 Å². The van der Waals surface area contributed by atoms with Crippen molar-refractivity contribution in [1.29, 1.82) is 0 Å². The van der Waals surface area contributed by atoms with Crippen molar-refractivity contribution < 1.29 is 14.4 Å². The molecular formula is C23H23ClO3. The van der Waals surface area contributed by atoms with Crippen LogP contribution >= 0.6 is 11.6 Å². The Bertz CT molecular complexity index is 922. The van der Waals surface area contributed by atoms with E-state index in [4.69, 9.17) is 11.6 Å². The zero-order valence-corrected chi connectivity index (χ0v) is 17.0. The second-order valence-corrected chi connectivity index (χ2v) is 8.76.